The number of hydrogen-bond acceptors (Lipinski definition) is 4. The van der Waals surface area contributed by atoms with Gasteiger partial charge in [-0.15, -0.1) is 11.3 Å². The second kappa shape index (κ2) is 4.84. The number of aromatic nitrogens is 1. The number of benzene rings is 1. The summed E-state index contributed by atoms with van der Waals surface area (Å²) in [6.07, 6.45) is 1.72. The highest BCUT2D eigenvalue weighted by atomic mass is 32.1. The summed E-state index contributed by atoms with van der Waals surface area (Å²) in [6, 6.07) is 7.62. The third-order valence-corrected chi connectivity index (χ3v) is 5.07. The first-order valence-electron chi connectivity index (χ1n) is 6.97. The average molecular weight is 301 g/mol. The monoisotopic (exact) mass is 301 g/mol. The molecule has 0 radical (unpaired) electrons. The summed E-state index contributed by atoms with van der Waals surface area (Å²) in [5.74, 6) is 0.0417. The molecular weight excluding hydrogens is 282 g/mol. The molecule has 21 heavy (non-hydrogen) atoms. The Morgan fingerprint density at radius 3 is 2.67 bits per heavy atom. The van der Waals surface area contributed by atoms with Crippen molar-refractivity contribution in [2.24, 2.45) is 0 Å². The highest BCUT2D eigenvalue weighted by molar-refractivity contribution is 7.11. The predicted octanol–water partition coefficient (Wildman–Crippen LogP) is 3.64. The van der Waals surface area contributed by atoms with Gasteiger partial charge in [0.2, 0.25) is 0 Å². The van der Waals surface area contributed by atoms with Crippen molar-refractivity contribution in [2.45, 2.75) is 32.4 Å². The van der Waals surface area contributed by atoms with Crippen LogP contribution in [-0.2, 0) is 5.41 Å². The lowest BCUT2D eigenvalue weighted by atomic mass is 9.98. The van der Waals surface area contributed by atoms with E-state index in [0.717, 1.165) is 21.1 Å². The number of carbonyl (C=O) groups excluding carboxylic acids is 1. The molecule has 0 aliphatic carbocycles. The largest absolute Gasteiger partial charge is 0.360 e. The molecule has 2 heterocycles. The van der Waals surface area contributed by atoms with Gasteiger partial charge in [0.25, 0.3) is 5.91 Å². The zero-order chi connectivity index (χ0) is 15.2. The van der Waals surface area contributed by atoms with Crippen LogP contribution >= 0.6 is 11.3 Å². The van der Waals surface area contributed by atoms with E-state index in [-0.39, 0.29) is 17.5 Å². The Labute approximate surface area is 128 Å². The average Bonchev–Trinajstić information content (AvgIpc) is 2.92. The number of fused-ring (bicyclic) bond motifs is 1. The van der Waals surface area contributed by atoms with E-state index >= 15 is 0 Å². The van der Waals surface area contributed by atoms with Crippen LogP contribution in [-0.4, -0.2) is 22.8 Å². The maximum absolute atomic E-state index is 12.5. The molecule has 1 amide bonds. The lowest BCUT2D eigenvalue weighted by Crippen LogP contribution is -2.39. The summed E-state index contributed by atoms with van der Waals surface area (Å²) in [7, 11) is 1.83. The number of nitrogens with one attached hydrogen (secondary N) is 1. The number of hydrogen-bond donors (Lipinski definition) is 1. The Bertz CT molecular complexity index is 687. The van der Waals surface area contributed by atoms with Crippen LogP contribution in [0, 0.1) is 0 Å². The Kier molecular flexibility index (Phi) is 3.24. The quantitative estimate of drug-likeness (QED) is 0.874. The molecule has 0 spiro atoms. The first kappa shape index (κ1) is 14.1. The third-order valence-electron chi connectivity index (χ3n) is 3.59. The highest BCUT2D eigenvalue weighted by Crippen LogP contribution is 2.36. The molecule has 3 rings (SSSR count). The van der Waals surface area contributed by atoms with E-state index in [1.165, 1.54) is 0 Å². The van der Waals surface area contributed by atoms with Crippen molar-refractivity contribution in [1.82, 2.24) is 9.88 Å². The van der Waals surface area contributed by atoms with Crippen LogP contribution in [0.25, 0.3) is 0 Å². The van der Waals surface area contributed by atoms with E-state index in [4.69, 9.17) is 0 Å². The second-order valence-electron chi connectivity index (χ2n) is 6.33. The van der Waals surface area contributed by atoms with E-state index in [9.17, 15) is 4.79 Å². The molecule has 0 saturated heterocycles. The van der Waals surface area contributed by atoms with Crippen LogP contribution in [0.2, 0.25) is 0 Å². The van der Waals surface area contributed by atoms with Crippen molar-refractivity contribution in [3.63, 3.8) is 0 Å². The number of amides is 1. The van der Waals surface area contributed by atoms with Gasteiger partial charge >= 0.3 is 0 Å². The van der Waals surface area contributed by atoms with Crippen molar-refractivity contribution < 1.29 is 4.79 Å². The van der Waals surface area contributed by atoms with Crippen molar-refractivity contribution >= 4 is 22.9 Å². The molecule has 2 aromatic rings. The van der Waals surface area contributed by atoms with Crippen LogP contribution in [0.1, 0.15) is 47.2 Å². The SMILES string of the molecule is CN1C(=O)c2ccccc2N[C@@H]1c1cnc(C(C)(C)C)s1. The van der Waals surface area contributed by atoms with Crippen LogP contribution in [0.4, 0.5) is 5.69 Å². The molecule has 5 heteroatoms. The number of rotatable bonds is 1. The molecule has 1 aliphatic heterocycles. The Balaban J connectivity index is 1.97. The maximum Gasteiger partial charge on any atom is 0.257 e. The molecule has 0 bridgehead atoms. The Morgan fingerprint density at radius 2 is 2.00 bits per heavy atom. The van der Waals surface area contributed by atoms with Crippen molar-refractivity contribution in [3.8, 4) is 0 Å². The van der Waals surface area contributed by atoms with Crippen LogP contribution in [0.5, 0.6) is 0 Å². The number of carbonyl (C=O) groups is 1. The molecule has 0 unspecified atom stereocenters. The highest BCUT2D eigenvalue weighted by Gasteiger charge is 2.32. The van der Waals surface area contributed by atoms with E-state index < -0.39 is 0 Å². The van der Waals surface area contributed by atoms with E-state index in [2.05, 4.69) is 31.1 Å². The first-order valence-corrected chi connectivity index (χ1v) is 7.78. The minimum absolute atomic E-state index is 0.0259. The summed E-state index contributed by atoms with van der Waals surface area (Å²) in [5.41, 5.74) is 1.63. The van der Waals surface area contributed by atoms with Crippen molar-refractivity contribution in [2.75, 3.05) is 12.4 Å². The minimum atomic E-state index is -0.152. The lowest BCUT2D eigenvalue weighted by molar-refractivity contribution is 0.0738. The van der Waals surface area contributed by atoms with Crippen LogP contribution in [0.15, 0.2) is 30.5 Å². The van der Waals surface area contributed by atoms with Gasteiger partial charge in [0.1, 0.15) is 6.17 Å². The fourth-order valence-corrected chi connectivity index (χ4v) is 3.44. The smallest absolute Gasteiger partial charge is 0.257 e. The van der Waals surface area contributed by atoms with Crippen molar-refractivity contribution in [3.05, 3.63) is 45.9 Å². The molecule has 110 valence electrons. The van der Waals surface area contributed by atoms with E-state index in [1.54, 1.807) is 16.2 Å². The van der Waals surface area contributed by atoms with E-state index in [0.29, 0.717) is 0 Å². The predicted molar refractivity (Wildman–Crippen MR) is 85.7 cm³/mol. The molecule has 1 atom stereocenters. The fourth-order valence-electron chi connectivity index (χ4n) is 2.37. The summed E-state index contributed by atoms with van der Waals surface area (Å²) in [5, 5.41) is 4.52. The molecule has 1 aliphatic rings. The van der Waals surface area contributed by atoms with Crippen LogP contribution in [0.3, 0.4) is 0 Å². The summed E-state index contributed by atoms with van der Waals surface area (Å²) >= 11 is 1.66. The van der Waals surface area contributed by atoms with Gasteiger partial charge in [-0.25, -0.2) is 4.98 Å². The van der Waals surface area contributed by atoms with Gasteiger partial charge in [0, 0.05) is 24.3 Å². The standard InChI is InChI=1S/C16H19N3OS/c1-16(2,3)15-17-9-12(21-15)13-18-11-8-6-5-7-10(11)14(20)19(13)4/h5-9,13,18H,1-4H3/t13-/m0/s1. The fraction of sp³-hybridized carbons (Fsp3) is 0.375. The molecule has 1 aromatic heterocycles. The topological polar surface area (TPSA) is 45.2 Å². The molecule has 1 aromatic carbocycles. The molecule has 1 N–H and O–H groups in total. The van der Waals surface area contributed by atoms with Gasteiger partial charge in [0.15, 0.2) is 0 Å². The number of anilines is 1. The van der Waals surface area contributed by atoms with Gasteiger partial charge in [-0.3, -0.25) is 4.79 Å². The third kappa shape index (κ3) is 2.42. The van der Waals surface area contributed by atoms with Gasteiger partial charge in [-0.2, -0.15) is 0 Å². The van der Waals surface area contributed by atoms with Gasteiger partial charge in [-0.1, -0.05) is 32.9 Å². The zero-order valence-corrected chi connectivity index (χ0v) is 13.5. The summed E-state index contributed by atoms with van der Waals surface area (Å²) < 4.78 is 0. The molecular formula is C16H19N3OS. The van der Waals surface area contributed by atoms with Gasteiger partial charge in [-0.05, 0) is 12.1 Å². The number of para-hydroxylation sites is 1. The van der Waals surface area contributed by atoms with E-state index in [1.807, 2.05) is 37.5 Å². The zero-order valence-electron chi connectivity index (χ0n) is 12.7. The Hall–Kier alpha value is -1.88. The summed E-state index contributed by atoms with van der Waals surface area (Å²) in [6.45, 7) is 6.44. The normalized spacial score (nSPS) is 18.4. The first-order chi connectivity index (χ1) is 9.88. The molecule has 4 nitrogen and oxygen atoms in total. The molecule has 0 saturated carbocycles. The number of nitrogens with zero attached hydrogens (tertiary/aromatic N) is 2. The van der Waals surface area contributed by atoms with Crippen LogP contribution < -0.4 is 5.32 Å². The maximum atomic E-state index is 12.5. The minimum Gasteiger partial charge on any atom is -0.360 e. The second-order valence-corrected chi connectivity index (χ2v) is 7.39. The molecule has 0 fully saturated rings. The summed E-state index contributed by atoms with van der Waals surface area (Å²) in [4.78, 5) is 19.8. The lowest BCUT2D eigenvalue weighted by Gasteiger charge is -2.34. The number of thiazole rings is 1. The van der Waals surface area contributed by atoms with Crippen molar-refractivity contribution in [1.29, 1.82) is 0 Å². The Morgan fingerprint density at radius 1 is 1.29 bits per heavy atom. The van der Waals surface area contributed by atoms with Gasteiger partial charge < -0.3 is 10.2 Å². The van der Waals surface area contributed by atoms with Gasteiger partial charge in [0.05, 0.1) is 15.4 Å².